The predicted molar refractivity (Wildman–Crippen MR) is 87.0 cm³/mol. The lowest BCUT2D eigenvalue weighted by Crippen LogP contribution is -2.29. The smallest absolute Gasteiger partial charge is 0.135 e. The van der Waals surface area contributed by atoms with E-state index in [1.54, 1.807) is 0 Å². The van der Waals surface area contributed by atoms with Crippen LogP contribution in [-0.4, -0.2) is 40.3 Å². The summed E-state index contributed by atoms with van der Waals surface area (Å²) in [6, 6.07) is 2.02. The molecule has 5 nitrogen and oxygen atoms in total. The van der Waals surface area contributed by atoms with E-state index < -0.39 is 5.60 Å². The van der Waals surface area contributed by atoms with E-state index in [0.29, 0.717) is 5.92 Å². The number of nitrogens with one attached hydrogen (secondary N) is 1. The highest BCUT2D eigenvalue weighted by molar-refractivity contribution is 5.50. The summed E-state index contributed by atoms with van der Waals surface area (Å²) >= 11 is 0. The number of hydrogen-bond acceptors (Lipinski definition) is 5. The lowest BCUT2D eigenvalue weighted by molar-refractivity contribution is 0.0481. The van der Waals surface area contributed by atoms with Gasteiger partial charge in [0.2, 0.25) is 0 Å². The number of rotatable bonds is 4. The minimum atomic E-state index is -0.548. The van der Waals surface area contributed by atoms with Gasteiger partial charge in [0.05, 0.1) is 5.60 Å². The summed E-state index contributed by atoms with van der Waals surface area (Å²) in [7, 11) is 0. The molecule has 1 fully saturated rings. The largest absolute Gasteiger partial charge is 0.390 e. The SMILES string of the molecule is CCNc1cc(N2CCCC(C)(O)CC2)nc(C(C)C)n1. The summed E-state index contributed by atoms with van der Waals surface area (Å²) in [5, 5.41) is 13.5. The fourth-order valence-corrected chi connectivity index (χ4v) is 2.64. The second kappa shape index (κ2) is 6.60. The van der Waals surface area contributed by atoms with Gasteiger partial charge in [-0.05, 0) is 33.1 Å². The predicted octanol–water partition coefficient (Wildman–Crippen LogP) is 2.77. The third-order valence-electron chi connectivity index (χ3n) is 3.99. The van der Waals surface area contributed by atoms with Crippen molar-refractivity contribution in [2.75, 3.05) is 29.9 Å². The molecule has 0 saturated carbocycles. The third kappa shape index (κ3) is 4.30. The molecule has 5 heteroatoms. The zero-order valence-electron chi connectivity index (χ0n) is 13.7. The van der Waals surface area contributed by atoms with Gasteiger partial charge in [-0.3, -0.25) is 0 Å². The molecule has 0 radical (unpaired) electrons. The molecule has 118 valence electrons. The van der Waals surface area contributed by atoms with Crippen molar-refractivity contribution >= 4 is 11.6 Å². The van der Waals surface area contributed by atoms with E-state index >= 15 is 0 Å². The van der Waals surface area contributed by atoms with Crippen LogP contribution in [0.1, 0.15) is 58.7 Å². The van der Waals surface area contributed by atoms with Crippen molar-refractivity contribution in [1.29, 1.82) is 0 Å². The first-order valence-electron chi connectivity index (χ1n) is 8.01. The van der Waals surface area contributed by atoms with Crippen molar-refractivity contribution in [1.82, 2.24) is 9.97 Å². The van der Waals surface area contributed by atoms with E-state index in [1.807, 2.05) is 13.0 Å². The molecule has 1 aliphatic rings. The van der Waals surface area contributed by atoms with Crippen LogP contribution in [0.2, 0.25) is 0 Å². The first kappa shape index (κ1) is 16.0. The van der Waals surface area contributed by atoms with Crippen molar-refractivity contribution in [2.45, 2.75) is 58.5 Å². The van der Waals surface area contributed by atoms with Crippen molar-refractivity contribution in [2.24, 2.45) is 0 Å². The molecule has 1 aromatic rings. The van der Waals surface area contributed by atoms with Crippen LogP contribution >= 0.6 is 0 Å². The Balaban J connectivity index is 2.25. The standard InChI is InChI=1S/C16H28N4O/c1-5-17-13-11-14(19-15(18-13)12(2)3)20-9-6-7-16(4,21)8-10-20/h11-12,21H,5-10H2,1-4H3,(H,17,18,19). The average Bonchev–Trinajstić information content (AvgIpc) is 2.59. The number of hydrogen-bond donors (Lipinski definition) is 2. The van der Waals surface area contributed by atoms with Crippen LogP contribution in [0.15, 0.2) is 6.07 Å². The monoisotopic (exact) mass is 292 g/mol. The number of aromatic nitrogens is 2. The molecule has 1 aromatic heterocycles. The van der Waals surface area contributed by atoms with Crippen LogP contribution in [-0.2, 0) is 0 Å². The maximum absolute atomic E-state index is 10.2. The summed E-state index contributed by atoms with van der Waals surface area (Å²) in [6.07, 6.45) is 2.63. The van der Waals surface area contributed by atoms with Gasteiger partial charge in [-0.25, -0.2) is 9.97 Å². The Kier molecular flexibility index (Phi) is 5.04. The molecule has 0 amide bonds. The third-order valence-corrected chi connectivity index (χ3v) is 3.99. The van der Waals surface area contributed by atoms with E-state index in [9.17, 15) is 5.11 Å². The van der Waals surface area contributed by atoms with E-state index in [4.69, 9.17) is 4.98 Å². The van der Waals surface area contributed by atoms with Crippen molar-refractivity contribution in [3.8, 4) is 0 Å². The summed E-state index contributed by atoms with van der Waals surface area (Å²) in [5.41, 5.74) is -0.548. The lowest BCUT2D eigenvalue weighted by atomic mass is 9.98. The van der Waals surface area contributed by atoms with Gasteiger partial charge in [0.15, 0.2) is 0 Å². The summed E-state index contributed by atoms with van der Waals surface area (Å²) in [4.78, 5) is 11.6. The zero-order chi connectivity index (χ0) is 15.5. The van der Waals surface area contributed by atoms with Gasteiger partial charge in [0.1, 0.15) is 17.5 Å². The van der Waals surface area contributed by atoms with Crippen LogP contribution in [0, 0.1) is 0 Å². The minimum Gasteiger partial charge on any atom is -0.390 e. The highest BCUT2D eigenvalue weighted by Gasteiger charge is 2.26. The Hall–Kier alpha value is -1.36. The zero-order valence-corrected chi connectivity index (χ0v) is 13.7. The Morgan fingerprint density at radius 1 is 1.33 bits per heavy atom. The lowest BCUT2D eigenvalue weighted by Gasteiger charge is -2.24. The molecule has 0 spiro atoms. The summed E-state index contributed by atoms with van der Waals surface area (Å²) < 4.78 is 0. The van der Waals surface area contributed by atoms with Gasteiger partial charge >= 0.3 is 0 Å². The molecule has 21 heavy (non-hydrogen) atoms. The number of anilines is 2. The molecule has 1 unspecified atom stereocenters. The Bertz CT molecular complexity index is 473. The molecule has 0 aliphatic carbocycles. The molecule has 1 saturated heterocycles. The molecule has 0 aromatic carbocycles. The van der Waals surface area contributed by atoms with Crippen LogP contribution < -0.4 is 10.2 Å². The van der Waals surface area contributed by atoms with E-state index in [0.717, 1.165) is 56.4 Å². The van der Waals surface area contributed by atoms with Crippen molar-refractivity contribution in [3.05, 3.63) is 11.9 Å². The average molecular weight is 292 g/mol. The number of aliphatic hydroxyl groups is 1. The topological polar surface area (TPSA) is 61.3 Å². The molecule has 2 rings (SSSR count). The van der Waals surface area contributed by atoms with Gasteiger partial charge in [-0.1, -0.05) is 13.8 Å². The van der Waals surface area contributed by atoms with Gasteiger partial charge in [0.25, 0.3) is 0 Å². The Morgan fingerprint density at radius 3 is 2.76 bits per heavy atom. The van der Waals surface area contributed by atoms with Gasteiger partial charge in [-0.15, -0.1) is 0 Å². The fourth-order valence-electron chi connectivity index (χ4n) is 2.64. The minimum absolute atomic E-state index is 0.303. The van der Waals surface area contributed by atoms with Gasteiger partial charge in [0, 0.05) is 31.6 Å². The maximum Gasteiger partial charge on any atom is 0.135 e. The molecular weight excluding hydrogens is 264 g/mol. The van der Waals surface area contributed by atoms with Crippen LogP contribution in [0.3, 0.4) is 0 Å². The second-order valence-corrected chi connectivity index (χ2v) is 6.49. The van der Waals surface area contributed by atoms with Crippen LogP contribution in [0.5, 0.6) is 0 Å². The highest BCUT2D eigenvalue weighted by atomic mass is 16.3. The van der Waals surface area contributed by atoms with E-state index in [1.165, 1.54) is 0 Å². The van der Waals surface area contributed by atoms with E-state index in [2.05, 4.69) is 36.0 Å². The fraction of sp³-hybridized carbons (Fsp3) is 0.750. The van der Waals surface area contributed by atoms with Crippen molar-refractivity contribution in [3.63, 3.8) is 0 Å². The first-order valence-corrected chi connectivity index (χ1v) is 8.01. The maximum atomic E-state index is 10.2. The Morgan fingerprint density at radius 2 is 2.10 bits per heavy atom. The molecule has 1 atom stereocenters. The Labute approximate surface area is 127 Å². The second-order valence-electron chi connectivity index (χ2n) is 6.49. The quantitative estimate of drug-likeness (QED) is 0.893. The van der Waals surface area contributed by atoms with E-state index in [-0.39, 0.29) is 0 Å². The van der Waals surface area contributed by atoms with Crippen LogP contribution in [0.25, 0.3) is 0 Å². The normalized spacial score (nSPS) is 23.2. The number of nitrogens with zero attached hydrogens (tertiary/aromatic N) is 3. The summed E-state index contributed by atoms with van der Waals surface area (Å²) in [5.74, 6) is 3.04. The molecule has 0 bridgehead atoms. The molecule has 2 N–H and O–H groups in total. The molecular formula is C16H28N4O. The van der Waals surface area contributed by atoms with Crippen molar-refractivity contribution < 1.29 is 5.11 Å². The molecule has 1 aliphatic heterocycles. The molecule has 2 heterocycles. The van der Waals surface area contributed by atoms with Gasteiger partial charge < -0.3 is 15.3 Å². The van der Waals surface area contributed by atoms with Crippen LogP contribution in [0.4, 0.5) is 11.6 Å². The highest BCUT2D eigenvalue weighted by Crippen LogP contribution is 2.26. The first-order chi connectivity index (χ1) is 9.91. The summed E-state index contributed by atoms with van der Waals surface area (Å²) in [6.45, 7) is 10.9. The van der Waals surface area contributed by atoms with Gasteiger partial charge in [-0.2, -0.15) is 0 Å².